The molecule has 0 aliphatic carbocycles. The molecule has 0 saturated carbocycles. The number of imidazole rings is 1. The molecule has 0 fully saturated rings. The van der Waals surface area contributed by atoms with E-state index in [0.717, 1.165) is 10.6 Å². The molecule has 0 bridgehead atoms. The van der Waals surface area contributed by atoms with Crippen LogP contribution in [0.4, 0.5) is 8.78 Å². The monoisotopic (exact) mass is 250 g/mol. The molecule has 2 rings (SSSR count). The van der Waals surface area contributed by atoms with Crippen molar-refractivity contribution in [1.29, 1.82) is 0 Å². The Kier molecular flexibility index (Phi) is 4.19. The average molecular weight is 250 g/mol. The minimum Gasteiger partial charge on any atom is -0.543 e. The van der Waals surface area contributed by atoms with Gasteiger partial charge in [-0.1, -0.05) is 0 Å². The molecule has 0 amide bonds. The number of fused-ring (bicyclic) bond motifs is 1. The normalized spacial score (nSPS) is 10.2. The molecule has 16 heavy (non-hydrogen) atoms. The molecule has 0 aliphatic rings. The number of rotatable bonds is 1. The molecule has 0 saturated heterocycles. The van der Waals surface area contributed by atoms with Gasteiger partial charge in [0.05, 0.1) is 17.4 Å². The third-order valence-electron chi connectivity index (χ3n) is 2.01. The zero-order valence-electron chi connectivity index (χ0n) is 8.62. The number of hydrogen-bond acceptors (Lipinski definition) is 3. The van der Waals surface area contributed by atoms with Gasteiger partial charge in [-0.25, -0.2) is 13.8 Å². The van der Waals surface area contributed by atoms with Gasteiger partial charge in [0.15, 0.2) is 11.5 Å². The Morgan fingerprint density at radius 1 is 1.50 bits per heavy atom. The minimum atomic E-state index is -1.52. The van der Waals surface area contributed by atoms with Gasteiger partial charge in [0.25, 0.3) is 0 Å². The molecule has 0 atom stereocenters. The average Bonchev–Trinajstić information content (AvgIpc) is 2.41. The van der Waals surface area contributed by atoms with Crippen molar-refractivity contribution in [3.63, 3.8) is 0 Å². The van der Waals surface area contributed by atoms with Crippen molar-refractivity contribution in [2.45, 2.75) is 6.92 Å². The van der Waals surface area contributed by atoms with Crippen molar-refractivity contribution in [1.82, 2.24) is 9.38 Å². The number of carboxylic acids is 1. The number of carbonyl (C=O) groups excluding carboxylic acids is 1. The molecule has 0 radical (unpaired) electrons. The van der Waals surface area contributed by atoms with E-state index < -0.39 is 17.6 Å². The summed E-state index contributed by atoms with van der Waals surface area (Å²) in [5.74, 6) is -3.31. The topological polar surface area (TPSA) is 57.4 Å². The number of hydrogen-bond donors (Lipinski definition) is 0. The largest absolute Gasteiger partial charge is 1.00 e. The van der Waals surface area contributed by atoms with E-state index >= 15 is 0 Å². The van der Waals surface area contributed by atoms with Crippen molar-refractivity contribution in [2.24, 2.45) is 0 Å². The van der Waals surface area contributed by atoms with Gasteiger partial charge >= 0.3 is 51.4 Å². The van der Waals surface area contributed by atoms with Crippen molar-refractivity contribution < 1.29 is 70.1 Å². The number of halogens is 2. The molecule has 0 aromatic carbocycles. The van der Waals surface area contributed by atoms with Crippen molar-refractivity contribution in [3.05, 3.63) is 35.3 Å². The first kappa shape index (κ1) is 13.7. The number of aromatic carboxylic acids is 1. The number of pyridine rings is 1. The van der Waals surface area contributed by atoms with Gasteiger partial charge in [0.1, 0.15) is 5.82 Å². The van der Waals surface area contributed by atoms with Crippen molar-refractivity contribution >= 4 is 11.6 Å². The van der Waals surface area contributed by atoms with Crippen LogP contribution in [0.25, 0.3) is 5.65 Å². The zero-order valence-corrected chi connectivity index (χ0v) is 11.7. The van der Waals surface area contributed by atoms with Crippen molar-refractivity contribution in [2.75, 3.05) is 0 Å². The fraction of sp³-hybridized carbons (Fsp3) is 0.111. The summed E-state index contributed by atoms with van der Waals surface area (Å²) in [6.07, 6.45) is 0.851. The Hall–Kier alpha value is -0.344. The van der Waals surface area contributed by atoms with Gasteiger partial charge in [0, 0.05) is 12.3 Å². The van der Waals surface area contributed by atoms with Gasteiger partial charge < -0.3 is 9.90 Å². The van der Waals surface area contributed by atoms with E-state index in [1.165, 1.54) is 6.92 Å². The summed E-state index contributed by atoms with van der Waals surface area (Å²) >= 11 is 0. The second-order valence-corrected chi connectivity index (χ2v) is 3.03. The third kappa shape index (κ3) is 2.18. The molecular weight excluding hydrogens is 245 g/mol. The van der Waals surface area contributed by atoms with Crippen LogP contribution < -0.4 is 56.5 Å². The SMILES string of the molecule is Cc1nc2c(F)cc(F)cn2c1C(=O)[O-].[K+]. The summed E-state index contributed by atoms with van der Waals surface area (Å²) in [5.41, 5.74) is -0.490. The maximum absolute atomic E-state index is 13.2. The van der Waals surface area contributed by atoms with Crippen molar-refractivity contribution in [3.8, 4) is 0 Å². The molecule has 2 heterocycles. The third-order valence-corrected chi connectivity index (χ3v) is 2.01. The number of aromatic nitrogens is 2. The van der Waals surface area contributed by atoms with Crippen LogP contribution >= 0.6 is 0 Å². The predicted molar refractivity (Wildman–Crippen MR) is 44.2 cm³/mol. The van der Waals surface area contributed by atoms with Gasteiger partial charge in [-0.3, -0.25) is 4.40 Å². The Morgan fingerprint density at radius 3 is 2.69 bits per heavy atom. The molecule has 78 valence electrons. The van der Waals surface area contributed by atoms with E-state index in [9.17, 15) is 18.7 Å². The van der Waals surface area contributed by atoms with E-state index in [-0.39, 0.29) is 68.4 Å². The van der Waals surface area contributed by atoms with Gasteiger partial charge in [-0.05, 0) is 6.92 Å². The summed E-state index contributed by atoms with van der Waals surface area (Å²) in [4.78, 5) is 14.4. The molecule has 2 aromatic rings. The Balaban J connectivity index is 0.00000128. The standard InChI is InChI=1S/C9H6F2N2O2.K/c1-4-7(9(14)15)13-3-5(10)2-6(11)8(13)12-4;/h2-3H,1H3,(H,14,15);/q;+1/p-1. The van der Waals surface area contributed by atoms with Crippen LogP contribution in [0, 0.1) is 18.6 Å². The molecule has 7 heteroatoms. The van der Waals surface area contributed by atoms with Gasteiger partial charge in [-0.2, -0.15) is 0 Å². The first-order valence-corrected chi connectivity index (χ1v) is 4.05. The molecule has 0 N–H and O–H groups in total. The zero-order chi connectivity index (χ0) is 11.2. The van der Waals surface area contributed by atoms with Crippen LogP contribution in [0.15, 0.2) is 12.3 Å². The van der Waals surface area contributed by atoms with E-state index in [2.05, 4.69) is 4.98 Å². The predicted octanol–water partition coefficient (Wildman–Crippen LogP) is -2.71. The summed E-state index contributed by atoms with van der Waals surface area (Å²) in [6, 6.07) is 0.640. The Bertz CT molecular complexity index is 568. The first-order valence-electron chi connectivity index (χ1n) is 4.05. The fourth-order valence-corrected chi connectivity index (χ4v) is 1.43. The second-order valence-electron chi connectivity index (χ2n) is 3.03. The van der Waals surface area contributed by atoms with E-state index in [1.54, 1.807) is 0 Å². The Morgan fingerprint density at radius 2 is 2.12 bits per heavy atom. The van der Waals surface area contributed by atoms with Crippen LogP contribution in [-0.4, -0.2) is 15.4 Å². The summed E-state index contributed by atoms with van der Waals surface area (Å²) in [7, 11) is 0. The Labute approximate surface area is 132 Å². The molecular formula is C9H5F2KN2O2. The van der Waals surface area contributed by atoms with Crippen LogP contribution in [0.5, 0.6) is 0 Å². The number of nitrogens with zero attached hydrogens (tertiary/aromatic N) is 2. The number of carboxylic acid groups (broad SMARTS) is 1. The summed E-state index contributed by atoms with van der Waals surface area (Å²) < 4.78 is 26.8. The molecule has 2 aromatic heterocycles. The van der Waals surface area contributed by atoms with Gasteiger partial charge in [-0.15, -0.1) is 0 Å². The maximum atomic E-state index is 13.2. The van der Waals surface area contributed by atoms with E-state index in [4.69, 9.17) is 0 Å². The van der Waals surface area contributed by atoms with Crippen LogP contribution in [0.1, 0.15) is 16.2 Å². The smallest absolute Gasteiger partial charge is 0.543 e. The van der Waals surface area contributed by atoms with Crippen LogP contribution in [0.2, 0.25) is 0 Å². The molecule has 0 aliphatic heterocycles. The minimum absolute atomic E-state index is 0. The fourth-order valence-electron chi connectivity index (χ4n) is 1.43. The summed E-state index contributed by atoms with van der Waals surface area (Å²) in [6.45, 7) is 1.38. The second kappa shape index (κ2) is 4.88. The van der Waals surface area contributed by atoms with Crippen LogP contribution in [-0.2, 0) is 0 Å². The number of carbonyl (C=O) groups is 1. The number of aryl methyl sites for hydroxylation is 1. The van der Waals surface area contributed by atoms with E-state index in [0.29, 0.717) is 6.07 Å². The maximum Gasteiger partial charge on any atom is 1.00 e. The first-order chi connectivity index (χ1) is 7.00. The summed E-state index contributed by atoms with van der Waals surface area (Å²) in [5, 5.41) is 10.7. The quantitative estimate of drug-likeness (QED) is 0.517. The molecule has 0 unspecified atom stereocenters. The van der Waals surface area contributed by atoms with Crippen LogP contribution in [0.3, 0.4) is 0 Å². The van der Waals surface area contributed by atoms with Gasteiger partial charge in [0.2, 0.25) is 0 Å². The molecule has 0 spiro atoms. The molecule has 4 nitrogen and oxygen atoms in total. The van der Waals surface area contributed by atoms with E-state index in [1.807, 2.05) is 0 Å².